The Bertz CT molecular complexity index is 1120. The summed E-state index contributed by atoms with van der Waals surface area (Å²) in [6, 6.07) is 18.5. The number of benzene rings is 2. The highest BCUT2D eigenvalue weighted by molar-refractivity contribution is 6.30. The summed E-state index contributed by atoms with van der Waals surface area (Å²) < 4.78 is 11.1. The number of rotatable bonds is 8. The fourth-order valence-corrected chi connectivity index (χ4v) is 4.15. The molecule has 3 aromatic rings. The van der Waals surface area contributed by atoms with Crippen molar-refractivity contribution in [1.82, 2.24) is 10.2 Å². The minimum atomic E-state index is -0.0846. The zero-order valence-electron chi connectivity index (χ0n) is 19.1. The van der Waals surface area contributed by atoms with E-state index in [1.54, 1.807) is 7.11 Å². The monoisotopic (exact) mass is 481 g/mol. The summed E-state index contributed by atoms with van der Waals surface area (Å²) in [6.07, 6.45) is 1.41. The van der Waals surface area contributed by atoms with Gasteiger partial charge in [0.1, 0.15) is 17.3 Å². The third kappa shape index (κ3) is 6.18. The number of methoxy groups -OCH3 is 1. The number of nitrogens with zero attached hydrogens (tertiary/aromatic N) is 1. The second kappa shape index (κ2) is 11.2. The standard InChI is InChI=1S/C26H28ClN3O4/c1-33-24-5-3-2-4-22(24)29-26(32)19-12-14-30(15-13-19)17-25(31)28-16-21-10-11-23(34-21)18-6-8-20(27)9-7-18/h2-11,19H,12-17H2,1H3,(H,28,31)(H,29,32). The van der Waals surface area contributed by atoms with Gasteiger partial charge in [-0.1, -0.05) is 23.7 Å². The first-order valence-corrected chi connectivity index (χ1v) is 11.7. The van der Waals surface area contributed by atoms with Gasteiger partial charge in [-0.2, -0.15) is 0 Å². The minimum absolute atomic E-state index is 0.0112. The molecular formula is C26H28ClN3O4. The molecule has 1 saturated heterocycles. The predicted molar refractivity (Wildman–Crippen MR) is 132 cm³/mol. The topological polar surface area (TPSA) is 83.8 Å². The van der Waals surface area contributed by atoms with Gasteiger partial charge in [-0.3, -0.25) is 14.5 Å². The Morgan fingerprint density at radius 2 is 1.79 bits per heavy atom. The van der Waals surface area contributed by atoms with Crippen molar-refractivity contribution in [3.8, 4) is 17.1 Å². The summed E-state index contributed by atoms with van der Waals surface area (Å²) in [6.45, 7) is 2.01. The molecule has 7 nitrogen and oxygen atoms in total. The normalized spacial score (nSPS) is 14.5. The number of piperidine rings is 1. The van der Waals surface area contributed by atoms with Crippen molar-refractivity contribution < 1.29 is 18.7 Å². The fraction of sp³-hybridized carbons (Fsp3) is 0.308. The van der Waals surface area contributed by atoms with Gasteiger partial charge in [0, 0.05) is 16.5 Å². The molecule has 1 fully saturated rings. The number of ether oxygens (including phenoxy) is 1. The van der Waals surface area contributed by atoms with Crippen molar-refractivity contribution >= 4 is 29.1 Å². The zero-order chi connectivity index (χ0) is 23.9. The summed E-state index contributed by atoms with van der Waals surface area (Å²) in [7, 11) is 1.58. The van der Waals surface area contributed by atoms with Gasteiger partial charge in [-0.15, -0.1) is 0 Å². The maximum Gasteiger partial charge on any atom is 0.234 e. The second-order valence-corrected chi connectivity index (χ2v) is 8.73. The van der Waals surface area contributed by atoms with Gasteiger partial charge in [-0.25, -0.2) is 0 Å². The summed E-state index contributed by atoms with van der Waals surface area (Å²) in [4.78, 5) is 27.2. The summed E-state index contributed by atoms with van der Waals surface area (Å²) in [5.74, 6) is 1.89. The van der Waals surface area contributed by atoms with Crippen LogP contribution in [-0.2, 0) is 16.1 Å². The number of likely N-dealkylation sites (tertiary alicyclic amines) is 1. The van der Waals surface area contributed by atoms with Crippen LogP contribution in [0, 0.1) is 5.92 Å². The van der Waals surface area contributed by atoms with Crippen LogP contribution < -0.4 is 15.4 Å². The SMILES string of the molecule is COc1ccccc1NC(=O)C1CCN(CC(=O)NCc2ccc(-c3ccc(Cl)cc3)o2)CC1. The highest BCUT2D eigenvalue weighted by Gasteiger charge is 2.26. The first-order chi connectivity index (χ1) is 16.5. The lowest BCUT2D eigenvalue weighted by Gasteiger charge is -2.30. The maximum atomic E-state index is 12.7. The van der Waals surface area contributed by atoms with Crippen LogP contribution in [0.5, 0.6) is 5.75 Å². The lowest BCUT2D eigenvalue weighted by Crippen LogP contribution is -2.43. The van der Waals surface area contributed by atoms with Crippen LogP contribution in [0.1, 0.15) is 18.6 Å². The van der Waals surface area contributed by atoms with Crippen LogP contribution in [-0.4, -0.2) is 43.5 Å². The Morgan fingerprint density at radius 3 is 2.53 bits per heavy atom. The molecule has 1 aliphatic heterocycles. The average molecular weight is 482 g/mol. The lowest BCUT2D eigenvalue weighted by atomic mass is 9.95. The van der Waals surface area contributed by atoms with E-state index in [1.807, 2.05) is 60.7 Å². The number of amides is 2. The van der Waals surface area contributed by atoms with Crippen LogP contribution >= 0.6 is 11.6 Å². The first kappa shape index (κ1) is 23.9. The van der Waals surface area contributed by atoms with E-state index >= 15 is 0 Å². The summed E-state index contributed by atoms with van der Waals surface area (Å²) >= 11 is 5.93. The van der Waals surface area contributed by atoms with Crippen molar-refractivity contribution in [1.29, 1.82) is 0 Å². The average Bonchev–Trinajstić information content (AvgIpc) is 3.33. The number of halogens is 1. The minimum Gasteiger partial charge on any atom is -0.495 e. The van der Waals surface area contributed by atoms with Gasteiger partial charge in [-0.05, 0) is 74.5 Å². The zero-order valence-corrected chi connectivity index (χ0v) is 19.8. The number of anilines is 1. The van der Waals surface area contributed by atoms with Gasteiger partial charge >= 0.3 is 0 Å². The van der Waals surface area contributed by atoms with Gasteiger partial charge < -0.3 is 19.8 Å². The van der Waals surface area contributed by atoms with E-state index in [0.29, 0.717) is 61.2 Å². The molecule has 2 heterocycles. The van der Waals surface area contributed by atoms with E-state index in [1.165, 1.54) is 0 Å². The number of furan rings is 1. The Hall–Kier alpha value is -3.29. The third-order valence-electron chi connectivity index (χ3n) is 5.94. The van der Waals surface area contributed by atoms with Crippen molar-refractivity contribution in [2.24, 2.45) is 5.92 Å². The summed E-state index contributed by atoms with van der Waals surface area (Å²) in [5, 5.41) is 6.54. The molecule has 2 N–H and O–H groups in total. The molecule has 1 aliphatic rings. The molecule has 8 heteroatoms. The van der Waals surface area contributed by atoms with Gasteiger partial charge in [0.15, 0.2) is 0 Å². The quantitative estimate of drug-likeness (QED) is 0.492. The maximum absolute atomic E-state index is 12.7. The molecule has 178 valence electrons. The molecule has 2 aromatic carbocycles. The van der Waals surface area contributed by atoms with Crippen LogP contribution in [0.25, 0.3) is 11.3 Å². The second-order valence-electron chi connectivity index (χ2n) is 8.29. The summed E-state index contributed by atoms with van der Waals surface area (Å²) in [5.41, 5.74) is 1.61. The van der Waals surface area contributed by atoms with E-state index in [4.69, 9.17) is 20.8 Å². The van der Waals surface area contributed by atoms with E-state index < -0.39 is 0 Å². The van der Waals surface area contributed by atoms with Crippen molar-refractivity contribution in [3.05, 3.63) is 71.4 Å². The molecule has 4 rings (SSSR count). The van der Waals surface area contributed by atoms with Crippen molar-refractivity contribution in [2.45, 2.75) is 19.4 Å². The van der Waals surface area contributed by atoms with E-state index in [2.05, 4.69) is 15.5 Å². The van der Waals surface area contributed by atoms with Crippen LogP contribution in [0.3, 0.4) is 0 Å². The number of nitrogens with one attached hydrogen (secondary N) is 2. The van der Waals surface area contributed by atoms with E-state index in [0.717, 1.165) is 11.3 Å². The Morgan fingerprint density at radius 1 is 1.06 bits per heavy atom. The molecule has 0 radical (unpaired) electrons. The van der Waals surface area contributed by atoms with Crippen molar-refractivity contribution in [3.63, 3.8) is 0 Å². The molecular weight excluding hydrogens is 454 g/mol. The number of hydrogen-bond donors (Lipinski definition) is 2. The molecule has 0 unspecified atom stereocenters. The number of carbonyl (C=O) groups excluding carboxylic acids is 2. The Labute approximate surface area is 204 Å². The van der Waals surface area contributed by atoms with Crippen LogP contribution in [0.15, 0.2) is 65.1 Å². The molecule has 0 saturated carbocycles. The van der Waals surface area contributed by atoms with Gasteiger partial charge in [0.25, 0.3) is 0 Å². The lowest BCUT2D eigenvalue weighted by molar-refractivity contribution is -0.123. The van der Waals surface area contributed by atoms with Crippen molar-refractivity contribution in [2.75, 3.05) is 32.1 Å². The highest BCUT2D eigenvalue weighted by atomic mass is 35.5. The molecule has 34 heavy (non-hydrogen) atoms. The number of para-hydroxylation sites is 2. The molecule has 0 spiro atoms. The van der Waals surface area contributed by atoms with E-state index in [9.17, 15) is 9.59 Å². The molecule has 1 aromatic heterocycles. The molecule has 0 atom stereocenters. The van der Waals surface area contributed by atoms with Gasteiger partial charge in [0.2, 0.25) is 11.8 Å². The smallest absolute Gasteiger partial charge is 0.234 e. The van der Waals surface area contributed by atoms with Gasteiger partial charge in [0.05, 0.1) is 25.9 Å². The number of carbonyl (C=O) groups is 2. The van der Waals surface area contributed by atoms with Crippen LogP contribution in [0.4, 0.5) is 5.69 Å². The molecule has 0 aliphatic carbocycles. The molecule has 2 amide bonds. The molecule has 0 bridgehead atoms. The highest BCUT2D eigenvalue weighted by Crippen LogP contribution is 2.26. The Kier molecular flexibility index (Phi) is 7.87. The van der Waals surface area contributed by atoms with Crippen LogP contribution in [0.2, 0.25) is 5.02 Å². The first-order valence-electron chi connectivity index (χ1n) is 11.3. The number of hydrogen-bond acceptors (Lipinski definition) is 5. The van der Waals surface area contributed by atoms with E-state index in [-0.39, 0.29) is 17.7 Å². The largest absolute Gasteiger partial charge is 0.495 e. The fourth-order valence-electron chi connectivity index (χ4n) is 4.02. The predicted octanol–water partition coefficient (Wildman–Crippen LogP) is 4.58. The Balaban J connectivity index is 1.20. The third-order valence-corrected chi connectivity index (χ3v) is 6.19.